The molecule has 0 amide bonds. The molecule has 0 aliphatic heterocycles. The first kappa shape index (κ1) is 26.3. The van der Waals surface area contributed by atoms with E-state index in [0.717, 1.165) is 9.77 Å². The van der Waals surface area contributed by atoms with E-state index in [9.17, 15) is 13.5 Å². The molecule has 0 atom stereocenters. The molecule has 4 aromatic heterocycles. The molecule has 3 N–H and O–H groups in total. The highest BCUT2D eigenvalue weighted by molar-refractivity contribution is 7.90. The van der Waals surface area contributed by atoms with Crippen LogP contribution in [0.2, 0.25) is 0 Å². The topological polar surface area (TPSA) is 153 Å². The van der Waals surface area contributed by atoms with Gasteiger partial charge in [-0.05, 0) is 24.8 Å². The number of imidazole rings is 1. The number of hydrogen-bond donors (Lipinski definition) is 3. The van der Waals surface area contributed by atoms with Gasteiger partial charge in [-0.15, -0.1) is 0 Å². The second kappa shape index (κ2) is 10.5. The first-order valence-corrected chi connectivity index (χ1v) is 13.9. The highest BCUT2D eigenvalue weighted by Crippen LogP contribution is 2.30. The number of aromatic nitrogens is 7. The van der Waals surface area contributed by atoms with Crippen LogP contribution in [0.3, 0.4) is 0 Å². The van der Waals surface area contributed by atoms with Crippen LogP contribution in [0.5, 0.6) is 0 Å². The molecule has 0 spiro atoms. The summed E-state index contributed by atoms with van der Waals surface area (Å²) in [6.07, 6.45) is 10.9. The molecule has 202 valence electrons. The summed E-state index contributed by atoms with van der Waals surface area (Å²) in [5.74, 6) is 7.49. The highest BCUT2D eigenvalue weighted by Gasteiger charge is 2.37. The Kier molecular flexibility index (Phi) is 7.07. The summed E-state index contributed by atoms with van der Waals surface area (Å²) in [4.78, 5) is 17.5. The molecule has 1 aliphatic rings. The molecule has 0 bridgehead atoms. The number of pyridine rings is 1. The van der Waals surface area contributed by atoms with E-state index in [4.69, 9.17) is 0 Å². The number of nitrogens with zero attached hydrogens (tertiary/aromatic N) is 7. The Hall–Kier alpha value is -4.28. The van der Waals surface area contributed by atoms with E-state index >= 15 is 0 Å². The largest absolute Gasteiger partial charge is 0.396 e. The second-order valence-electron chi connectivity index (χ2n) is 10.2. The average molecular weight is 548 g/mol. The number of aliphatic hydroxyl groups excluding tert-OH is 1. The molecule has 4 heterocycles. The van der Waals surface area contributed by atoms with Crippen molar-refractivity contribution in [2.24, 2.45) is 12.5 Å². The fraction of sp³-hybridized carbons (Fsp3) is 0.346. The zero-order chi connectivity index (χ0) is 27.6. The van der Waals surface area contributed by atoms with E-state index < -0.39 is 10.0 Å². The molecular weight excluding hydrogens is 518 g/mol. The molecule has 0 aromatic carbocycles. The molecule has 12 nitrogen and oxygen atoms in total. The molecular formula is C26H29N9O3S. The van der Waals surface area contributed by atoms with Gasteiger partial charge in [-0.25, -0.2) is 28.4 Å². The Balaban J connectivity index is 1.39. The summed E-state index contributed by atoms with van der Waals surface area (Å²) in [7, 11) is -1.59. The van der Waals surface area contributed by atoms with Crippen molar-refractivity contribution < 1.29 is 13.5 Å². The molecule has 0 radical (unpaired) electrons. The number of anilines is 3. The third-order valence-electron chi connectivity index (χ3n) is 6.06. The number of rotatable bonds is 9. The fourth-order valence-corrected chi connectivity index (χ4v) is 5.02. The zero-order valence-electron chi connectivity index (χ0n) is 21.8. The Labute approximate surface area is 226 Å². The summed E-state index contributed by atoms with van der Waals surface area (Å²) < 4.78 is 27.8. The minimum atomic E-state index is -3.47. The van der Waals surface area contributed by atoms with E-state index in [-0.39, 0.29) is 17.3 Å². The maximum Gasteiger partial charge on any atom is 0.256 e. The van der Waals surface area contributed by atoms with Crippen molar-refractivity contribution in [2.45, 2.75) is 31.9 Å². The van der Waals surface area contributed by atoms with Crippen LogP contribution < -0.4 is 10.6 Å². The Bertz CT molecular complexity index is 1660. The van der Waals surface area contributed by atoms with Crippen LogP contribution in [0.1, 0.15) is 37.9 Å². The molecule has 5 rings (SSSR count). The lowest BCUT2D eigenvalue weighted by Gasteiger charge is -2.23. The molecule has 1 saturated carbocycles. The Morgan fingerprint density at radius 3 is 2.67 bits per heavy atom. The van der Waals surface area contributed by atoms with Crippen molar-refractivity contribution >= 4 is 27.3 Å². The Morgan fingerprint density at radius 1 is 1.13 bits per heavy atom. The van der Waals surface area contributed by atoms with Crippen molar-refractivity contribution in [1.82, 2.24) is 33.7 Å². The number of aliphatic hydroxyl groups is 1. The summed E-state index contributed by atoms with van der Waals surface area (Å²) in [5, 5.41) is 19.9. The summed E-state index contributed by atoms with van der Waals surface area (Å²) >= 11 is 0. The average Bonchev–Trinajstić information content (AvgIpc) is 3.52. The van der Waals surface area contributed by atoms with Crippen LogP contribution in [-0.2, 0) is 17.1 Å². The standard InChI is InChI=1S/C26H29N9O3S/c1-26(2,16-36)15-29-22-10-24(28-11-18(22)4-5-20-14-34(3)17-30-20)32-23-8-9-27-25(33-23)19-12-31-35(13-19)39(37,38)21-6-7-21/h8-14,17,21,36H,6-7,15-16H2,1-3H3,(H2,27,28,29,32,33). The first-order valence-electron chi connectivity index (χ1n) is 12.4. The minimum Gasteiger partial charge on any atom is -0.396 e. The Morgan fingerprint density at radius 2 is 1.95 bits per heavy atom. The smallest absolute Gasteiger partial charge is 0.256 e. The lowest BCUT2D eigenvalue weighted by atomic mass is 9.95. The quantitative estimate of drug-likeness (QED) is 0.266. The van der Waals surface area contributed by atoms with Gasteiger partial charge in [0.15, 0.2) is 5.82 Å². The predicted molar refractivity (Wildman–Crippen MR) is 147 cm³/mol. The molecule has 4 aromatic rings. The lowest BCUT2D eigenvalue weighted by molar-refractivity contribution is 0.171. The third kappa shape index (κ3) is 6.24. The maximum atomic E-state index is 12.5. The van der Waals surface area contributed by atoms with E-state index in [2.05, 4.69) is 47.5 Å². The van der Waals surface area contributed by atoms with Gasteiger partial charge in [0.2, 0.25) is 0 Å². The van der Waals surface area contributed by atoms with E-state index in [1.165, 1.54) is 12.4 Å². The number of nitrogens with one attached hydrogen (secondary N) is 2. The molecule has 0 saturated heterocycles. The summed E-state index contributed by atoms with van der Waals surface area (Å²) in [5.41, 5.74) is 2.19. The molecule has 1 aliphatic carbocycles. The van der Waals surface area contributed by atoms with Crippen LogP contribution in [-0.4, -0.2) is 65.6 Å². The van der Waals surface area contributed by atoms with E-state index in [0.29, 0.717) is 53.7 Å². The van der Waals surface area contributed by atoms with Crippen molar-refractivity contribution in [2.75, 3.05) is 23.8 Å². The third-order valence-corrected chi connectivity index (χ3v) is 8.09. The minimum absolute atomic E-state index is 0.0212. The van der Waals surface area contributed by atoms with Crippen molar-refractivity contribution in [3.05, 3.63) is 60.7 Å². The van der Waals surface area contributed by atoms with Gasteiger partial charge in [0, 0.05) is 50.3 Å². The molecule has 13 heteroatoms. The summed E-state index contributed by atoms with van der Waals surface area (Å²) in [6.45, 7) is 4.45. The van der Waals surface area contributed by atoms with Crippen LogP contribution in [0.25, 0.3) is 11.4 Å². The van der Waals surface area contributed by atoms with Crippen molar-refractivity contribution in [3.63, 3.8) is 0 Å². The van der Waals surface area contributed by atoms with Gasteiger partial charge in [0.05, 0.1) is 40.8 Å². The second-order valence-corrected chi connectivity index (χ2v) is 12.3. The van der Waals surface area contributed by atoms with Crippen LogP contribution in [0, 0.1) is 17.3 Å². The number of hydrogen-bond acceptors (Lipinski definition) is 10. The predicted octanol–water partition coefficient (Wildman–Crippen LogP) is 2.38. The van der Waals surface area contributed by atoms with Gasteiger partial charge >= 0.3 is 0 Å². The van der Waals surface area contributed by atoms with Gasteiger partial charge in [-0.2, -0.15) is 9.19 Å². The normalized spacial score (nSPS) is 13.5. The van der Waals surface area contributed by atoms with Crippen LogP contribution in [0.15, 0.2) is 49.4 Å². The van der Waals surface area contributed by atoms with Crippen molar-refractivity contribution in [3.8, 4) is 23.2 Å². The van der Waals surface area contributed by atoms with Crippen LogP contribution >= 0.6 is 0 Å². The summed E-state index contributed by atoms with van der Waals surface area (Å²) in [6, 6.07) is 3.51. The molecule has 0 unspecified atom stereocenters. The lowest BCUT2D eigenvalue weighted by Crippen LogP contribution is -2.27. The van der Waals surface area contributed by atoms with E-state index in [1.807, 2.05) is 37.7 Å². The fourth-order valence-electron chi connectivity index (χ4n) is 3.55. The van der Waals surface area contributed by atoms with E-state index in [1.54, 1.807) is 24.8 Å². The number of aryl methyl sites for hydroxylation is 1. The zero-order valence-corrected chi connectivity index (χ0v) is 22.6. The van der Waals surface area contributed by atoms with Crippen LogP contribution in [0.4, 0.5) is 17.3 Å². The first-order chi connectivity index (χ1) is 18.6. The van der Waals surface area contributed by atoms with Gasteiger partial charge in [0.1, 0.15) is 17.3 Å². The molecule has 1 fully saturated rings. The highest BCUT2D eigenvalue weighted by atomic mass is 32.2. The molecule has 39 heavy (non-hydrogen) atoms. The maximum absolute atomic E-state index is 12.5. The van der Waals surface area contributed by atoms with Gasteiger partial charge in [0.25, 0.3) is 10.0 Å². The SMILES string of the molecule is Cn1cnc(C#Cc2cnc(Nc3ccnc(-c4cnn(S(=O)(=O)C5CC5)c4)n3)cc2NCC(C)(C)CO)c1. The van der Waals surface area contributed by atoms with Gasteiger partial charge < -0.3 is 20.3 Å². The van der Waals surface area contributed by atoms with Crippen molar-refractivity contribution in [1.29, 1.82) is 0 Å². The van der Waals surface area contributed by atoms with Gasteiger partial charge in [-0.1, -0.05) is 19.8 Å². The van der Waals surface area contributed by atoms with Gasteiger partial charge in [-0.3, -0.25) is 0 Å². The monoisotopic (exact) mass is 547 g/mol.